The molecule has 4 nitrogen and oxygen atoms in total. The number of aryl methyl sites for hydroxylation is 2. The Balaban J connectivity index is 2.13. The summed E-state index contributed by atoms with van der Waals surface area (Å²) >= 11 is 0. The van der Waals surface area contributed by atoms with Crippen LogP contribution in [0.5, 0.6) is 0 Å². The number of hydrogen-bond acceptors (Lipinski definition) is 2. The number of amides is 1. The van der Waals surface area contributed by atoms with Crippen molar-refractivity contribution in [1.29, 1.82) is 0 Å². The molecule has 1 aliphatic heterocycles. The Labute approximate surface area is 102 Å². The fraction of sp³-hybridized carbons (Fsp3) is 0.615. The molecule has 4 heteroatoms. The standard InChI is InChI=1S/C13H20N2O2/c1-8-4-5-15(7-11(8)16)13(17)12-9(2)6-10(3)14-12/h6,8,11,14,16H,4-5,7H2,1-3H3. The van der Waals surface area contributed by atoms with Crippen molar-refractivity contribution in [1.82, 2.24) is 9.88 Å². The van der Waals surface area contributed by atoms with Crippen LogP contribution in [0.25, 0.3) is 0 Å². The molecule has 1 amide bonds. The fourth-order valence-electron chi connectivity index (χ4n) is 2.34. The van der Waals surface area contributed by atoms with E-state index in [2.05, 4.69) is 4.98 Å². The average Bonchev–Trinajstić information content (AvgIpc) is 2.61. The van der Waals surface area contributed by atoms with Gasteiger partial charge in [-0.25, -0.2) is 0 Å². The van der Waals surface area contributed by atoms with Gasteiger partial charge >= 0.3 is 0 Å². The number of nitrogens with one attached hydrogen (secondary N) is 1. The van der Waals surface area contributed by atoms with Gasteiger partial charge < -0.3 is 15.0 Å². The number of carbonyl (C=O) groups excluding carboxylic acids is 1. The van der Waals surface area contributed by atoms with Crippen molar-refractivity contribution >= 4 is 5.91 Å². The molecule has 0 saturated carbocycles. The molecular formula is C13H20N2O2. The average molecular weight is 236 g/mol. The molecule has 94 valence electrons. The number of aliphatic hydroxyl groups is 1. The Kier molecular flexibility index (Phi) is 3.24. The first-order valence-electron chi connectivity index (χ1n) is 6.12. The van der Waals surface area contributed by atoms with Gasteiger partial charge in [0, 0.05) is 18.8 Å². The number of rotatable bonds is 1. The van der Waals surface area contributed by atoms with E-state index in [9.17, 15) is 9.90 Å². The smallest absolute Gasteiger partial charge is 0.270 e. The van der Waals surface area contributed by atoms with Crippen LogP contribution < -0.4 is 0 Å². The van der Waals surface area contributed by atoms with Crippen LogP contribution in [0.2, 0.25) is 0 Å². The molecule has 1 aromatic rings. The molecule has 2 heterocycles. The molecule has 0 aliphatic carbocycles. The normalized spacial score (nSPS) is 25.1. The van der Waals surface area contributed by atoms with Crippen LogP contribution in [0, 0.1) is 19.8 Å². The quantitative estimate of drug-likeness (QED) is 0.776. The third kappa shape index (κ3) is 2.36. The molecule has 1 aliphatic rings. The van der Waals surface area contributed by atoms with Crippen LogP contribution in [0.3, 0.4) is 0 Å². The number of H-pyrrole nitrogens is 1. The van der Waals surface area contributed by atoms with Crippen LogP contribution >= 0.6 is 0 Å². The Morgan fingerprint density at radius 3 is 2.76 bits per heavy atom. The minimum Gasteiger partial charge on any atom is -0.391 e. The third-order valence-corrected chi connectivity index (χ3v) is 3.57. The molecule has 17 heavy (non-hydrogen) atoms. The monoisotopic (exact) mass is 236 g/mol. The lowest BCUT2D eigenvalue weighted by molar-refractivity contribution is 0.0245. The molecular weight excluding hydrogens is 216 g/mol. The summed E-state index contributed by atoms with van der Waals surface area (Å²) in [6.45, 7) is 7.07. The van der Waals surface area contributed by atoms with Crippen molar-refractivity contribution < 1.29 is 9.90 Å². The minimum absolute atomic E-state index is 0.00144. The van der Waals surface area contributed by atoms with Gasteiger partial charge in [-0.15, -0.1) is 0 Å². The molecule has 0 spiro atoms. The topological polar surface area (TPSA) is 56.3 Å². The second-order valence-electron chi connectivity index (χ2n) is 5.09. The van der Waals surface area contributed by atoms with Crippen molar-refractivity contribution in [3.05, 3.63) is 23.0 Å². The summed E-state index contributed by atoms with van der Waals surface area (Å²) in [5, 5.41) is 9.81. The number of nitrogens with zero attached hydrogens (tertiary/aromatic N) is 1. The zero-order valence-electron chi connectivity index (χ0n) is 10.7. The van der Waals surface area contributed by atoms with Crippen molar-refractivity contribution in [2.24, 2.45) is 5.92 Å². The first-order chi connectivity index (χ1) is 7.99. The summed E-state index contributed by atoms with van der Waals surface area (Å²) in [5.41, 5.74) is 2.63. The second-order valence-corrected chi connectivity index (χ2v) is 5.09. The SMILES string of the molecule is Cc1cc(C)c(C(=O)N2CCC(C)C(O)C2)[nH]1. The highest BCUT2D eigenvalue weighted by molar-refractivity contribution is 5.94. The minimum atomic E-state index is -0.399. The Morgan fingerprint density at radius 1 is 1.53 bits per heavy atom. The molecule has 2 N–H and O–H groups in total. The molecule has 1 aromatic heterocycles. The first kappa shape index (κ1) is 12.2. The Bertz CT molecular complexity index is 425. The molecule has 2 unspecified atom stereocenters. The van der Waals surface area contributed by atoms with E-state index >= 15 is 0 Å². The lowest BCUT2D eigenvalue weighted by Gasteiger charge is -2.34. The summed E-state index contributed by atoms with van der Waals surface area (Å²) in [5.74, 6) is 0.284. The maximum absolute atomic E-state index is 12.3. The number of aromatic amines is 1. The predicted molar refractivity (Wildman–Crippen MR) is 66.0 cm³/mol. The maximum Gasteiger partial charge on any atom is 0.270 e. The van der Waals surface area contributed by atoms with Crippen molar-refractivity contribution in [3.8, 4) is 0 Å². The summed E-state index contributed by atoms with van der Waals surface area (Å²) in [6.07, 6.45) is 0.468. The molecule has 0 radical (unpaired) electrons. The van der Waals surface area contributed by atoms with Gasteiger partial charge in [0.2, 0.25) is 0 Å². The molecule has 1 fully saturated rings. The van der Waals surface area contributed by atoms with Crippen molar-refractivity contribution in [2.75, 3.05) is 13.1 Å². The summed E-state index contributed by atoms with van der Waals surface area (Å²) < 4.78 is 0. The largest absolute Gasteiger partial charge is 0.391 e. The molecule has 1 saturated heterocycles. The van der Waals surface area contributed by atoms with E-state index in [1.807, 2.05) is 26.8 Å². The van der Waals surface area contributed by atoms with Gasteiger partial charge in [0.15, 0.2) is 0 Å². The summed E-state index contributed by atoms with van der Waals surface area (Å²) in [7, 11) is 0. The number of aromatic nitrogens is 1. The van der Waals surface area contributed by atoms with E-state index in [4.69, 9.17) is 0 Å². The molecule has 0 aromatic carbocycles. The van der Waals surface area contributed by atoms with Gasteiger partial charge in [0.05, 0.1) is 6.10 Å². The highest BCUT2D eigenvalue weighted by Gasteiger charge is 2.28. The van der Waals surface area contributed by atoms with Crippen molar-refractivity contribution in [2.45, 2.75) is 33.3 Å². The van der Waals surface area contributed by atoms with Crippen LogP contribution in [0.1, 0.15) is 35.1 Å². The van der Waals surface area contributed by atoms with E-state index in [-0.39, 0.29) is 11.8 Å². The number of β-amino-alcohol motifs (C(OH)–C–C–N with tert-alkyl or cyclic N) is 1. The number of hydrogen-bond donors (Lipinski definition) is 2. The van der Waals surface area contributed by atoms with Gasteiger partial charge in [-0.1, -0.05) is 6.92 Å². The van der Waals surface area contributed by atoms with Gasteiger partial charge in [0.1, 0.15) is 5.69 Å². The van der Waals surface area contributed by atoms with E-state index in [0.29, 0.717) is 12.2 Å². The lowest BCUT2D eigenvalue weighted by Crippen LogP contribution is -2.46. The van der Waals surface area contributed by atoms with Crippen molar-refractivity contribution in [3.63, 3.8) is 0 Å². The van der Waals surface area contributed by atoms with Crippen LogP contribution in [-0.4, -0.2) is 40.1 Å². The van der Waals surface area contributed by atoms with E-state index in [1.54, 1.807) is 4.90 Å². The lowest BCUT2D eigenvalue weighted by atomic mass is 9.96. The third-order valence-electron chi connectivity index (χ3n) is 3.57. The van der Waals surface area contributed by atoms with Crippen LogP contribution in [0.15, 0.2) is 6.07 Å². The second kappa shape index (κ2) is 4.53. The molecule has 2 atom stereocenters. The number of aliphatic hydroxyl groups excluding tert-OH is 1. The number of likely N-dealkylation sites (tertiary alicyclic amines) is 1. The van der Waals surface area contributed by atoms with E-state index < -0.39 is 6.10 Å². The van der Waals surface area contributed by atoms with Gasteiger partial charge in [-0.05, 0) is 37.8 Å². The Morgan fingerprint density at radius 2 is 2.24 bits per heavy atom. The number of carbonyl (C=O) groups is 1. The molecule has 0 bridgehead atoms. The summed E-state index contributed by atoms with van der Waals surface area (Å²) in [6, 6.07) is 1.97. The maximum atomic E-state index is 12.3. The van der Waals surface area contributed by atoms with Crippen LogP contribution in [0.4, 0.5) is 0 Å². The van der Waals surface area contributed by atoms with Crippen LogP contribution in [-0.2, 0) is 0 Å². The van der Waals surface area contributed by atoms with Gasteiger partial charge in [-0.3, -0.25) is 4.79 Å². The zero-order valence-corrected chi connectivity index (χ0v) is 10.7. The van der Waals surface area contributed by atoms with Gasteiger partial charge in [0.25, 0.3) is 5.91 Å². The van der Waals surface area contributed by atoms with E-state index in [0.717, 1.165) is 24.2 Å². The number of piperidine rings is 1. The highest BCUT2D eigenvalue weighted by Crippen LogP contribution is 2.20. The molecule has 2 rings (SSSR count). The summed E-state index contributed by atoms with van der Waals surface area (Å²) in [4.78, 5) is 17.1. The van der Waals surface area contributed by atoms with Gasteiger partial charge in [-0.2, -0.15) is 0 Å². The fourth-order valence-corrected chi connectivity index (χ4v) is 2.34. The zero-order chi connectivity index (χ0) is 12.6. The highest BCUT2D eigenvalue weighted by atomic mass is 16.3. The van der Waals surface area contributed by atoms with E-state index in [1.165, 1.54) is 0 Å². The first-order valence-corrected chi connectivity index (χ1v) is 6.12. The predicted octanol–water partition coefficient (Wildman–Crippen LogP) is 1.47. The Hall–Kier alpha value is -1.29.